The highest BCUT2D eigenvalue weighted by atomic mass is 35.5. The van der Waals surface area contributed by atoms with Crippen molar-refractivity contribution in [3.05, 3.63) is 75.4 Å². The standard InChI is InChI=1S/C39H46Cl3N5O9S/c1-4-22(3)34(45-35(49)32-16-15-31(56-32)24-11-13-25(40)14-12-24)36(50)44-30(17-23-9-7-6-8-10-23)38(52)47(33(48)21-28(43)5-2)39(53)37(51)46-57(54,55)29-19-26(41)18-27(42)20-29/h11-16,18-20,22-23,28,30,34H,4-10,17,21,43H2,1-3H3,(H,44,50)(H,45,49)(H,46,51)/t22-,28?,30-,34-/m0/s1. The number of nitrogens with zero attached hydrogens (tertiary/aromatic N) is 1. The lowest BCUT2D eigenvalue weighted by atomic mass is 9.84. The molecule has 308 valence electrons. The highest BCUT2D eigenvalue weighted by Crippen LogP contribution is 2.29. The minimum Gasteiger partial charge on any atom is -0.451 e. The summed E-state index contributed by atoms with van der Waals surface area (Å²) in [5.41, 5.74) is 6.67. The molecule has 1 fully saturated rings. The fourth-order valence-electron chi connectivity index (χ4n) is 6.34. The molecule has 0 bridgehead atoms. The number of halogens is 3. The van der Waals surface area contributed by atoms with Crippen molar-refractivity contribution >= 4 is 80.3 Å². The van der Waals surface area contributed by atoms with Crippen LogP contribution in [0.5, 0.6) is 0 Å². The van der Waals surface area contributed by atoms with Gasteiger partial charge in [-0.15, -0.1) is 0 Å². The van der Waals surface area contributed by atoms with Crippen LogP contribution in [0.2, 0.25) is 15.1 Å². The minimum absolute atomic E-state index is 0.0216. The number of carbonyl (C=O) groups is 6. The average molecular weight is 867 g/mol. The van der Waals surface area contributed by atoms with Gasteiger partial charge in [-0.05, 0) is 79.3 Å². The van der Waals surface area contributed by atoms with E-state index in [4.69, 9.17) is 45.0 Å². The number of hydrogen-bond acceptors (Lipinski definition) is 10. The number of nitrogens with two attached hydrogens (primary N) is 1. The fourth-order valence-corrected chi connectivity index (χ4v) is 8.14. The summed E-state index contributed by atoms with van der Waals surface area (Å²) < 4.78 is 33.6. The number of hydrogen-bond donors (Lipinski definition) is 4. The lowest BCUT2D eigenvalue weighted by molar-refractivity contribution is -0.160. The zero-order chi connectivity index (χ0) is 42.0. The van der Waals surface area contributed by atoms with Crippen LogP contribution in [-0.4, -0.2) is 66.9 Å². The molecule has 0 saturated heterocycles. The highest BCUT2D eigenvalue weighted by molar-refractivity contribution is 7.90. The molecule has 2 aromatic carbocycles. The number of rotatable bonds is 15. The van der Waals surface area contributed by atoms with Crippen LogP contribution in [0.1, 0.15) is 89.1 Å². The van der Waals surface area contributed by atoms with E-state index in [1.54, 1.807) is 55.8 Å². The van der Waals surface area contributed by atoms with E-state index in [1.807, 2.05) is 0 Å². The molecule has 14 nitrogen and oxygen atoms in total. The summed E-state index contributed by atoms with van der Waals surface area (Å²) in [6.07, 6.45) is 4.10. The molecule has 18 heteroatoms. The summed E-state index contributed by atoms with van der Waals surface area (Å²) in [6, 6.07) is 9.41. The molecular weight excluding hydrogens is 821 g/mol. The molecule has 6 amide bonds. The van der Waals surface area contributed by atoms with Crippen LogP contribution in [0.15, 0.2) is 63.9 Å². The van der Waals surface area contributed by atoms with E-state index < -0.39 is 80.8 Å². The summed E-state index contributed by atoms with van der Waals surface area (Å²) >= 11 is 17.9. The van der Waals surface area contributed by atoms with E-state index in [0.29, 0.717) is 35.6 Å². The summed E-state index contributed by atoms with van der Waals surface area (Å²) in [7, 11) is -4.78. The van der Waals surface area contributed by atoms with Crippen LogP contribution < -0.4 is 21.1 Å². The number of nitrogens with one attached hydrogen (secondary N) is 3. The van der Waals surface area contributed by atoms with E-state index in [9.17, 15) is 37.2 Å². The van der Waals surface area contributed by atoms with Gasteiger partial charge >= 0.3 is 11.8 Å². The zero-order valence-electron chi connectivity index (χ0n) is 31.7. The molecule has 1 aliphatic carbocycles. The third-order valence-electron chi connectivity index (χ3n) is 9.85. The minimum atomic E-state index is -4.78. The van der Waals surface area contributed by atoms with Crippen molar-refractivity contribution in [2.24, 2.45) is 17.6 Å². The summed E-state index contributed by atoms with van der Waals surface area (Å²) in [5, 5.41) is 5.70. The first-order valence-electron chi connectivity index (χ1n) is 18.6. The molecule has 1 unspecified atom stereocenters. The molecule has 0 spiro atoms. The van der Waals surface area contributed by atoms with Crippen LogP contribution in [0.25, 0.3) is 11.3 Å². The molecule has 0 aliphatic heterocycles. The first-order valence-corrected chi connectivity index (χ1v) is 21.2. The van der Waals surface area contributed by atoms with Crippen LogP contribution in [0.3, 0.4) is 0 Å². The van der Waals surface area contributed by atoms with Crippen molar-refractivity contribution in [2.45, 2.75) is 102 Å². The van der Waals surface area contributed by atoms with Gasteiger partial charge in [0.25, 0.3) is 21.8 Å². The van der Waals surface area contributed by atoms with Crippen molar-refractivity contribution < 1.29 is 41.6 Å². The Morgan fingerprint density at radius 2 is 1.49 bits per heavy atom. The summed E-state index contributed by atoms with van der Waals surface area (Å²) in [5.74, 6) is -7.92. The second kappa shape index (κ2) is 20.4. The van der Waals surface area contributed by atoms with Crippen molar-refractivity contribution in [3.63, 3.8) is 0 Å². The van der Waals surface area contributed by atoms with Crippen molar-refractivity contribution in [1.29, 1.82) is 0 Å². The molecule has 57 heavy (non-hydrogen) atoms. The predicted molar refractivity (Wildman–Crippen MR) is 215 cm³/mol. The molecule has 1 aromatic heterocycles. The smallest absolute Gasteiger partial charge is 0.326 e. The Morgan fingerprint density at radius 1 is 0.860 bits per heavy atom. The molecule has 1 aliphatic rings. The predicted octanol–water partition coefficient (Wildman–Crippen LogP) is 6.02. The van der Waals surface area contributed by atoms with Crippen LogP contribution in [0, 0.1) is 11.8 Å². The van der Waals surface area contributed by atoms with Gasteiger partial charge < -0.3 is 20.8 Å². The molecule has 5 N–H and O–H groups in total. The van der Waals surface area contributed by atoms with Gasteiger partial charge in [0, 0.05) is 33.1 Å². The average Bonchev–Trinajstić information content (AvgIpc) is 3.67. The number of imide groups is 3. The quantitative estimate of drug-likeness (QED) is 0.130. The van der Waals surface area contributed by atoms with Gasteiger partial charge in [0.05, 0.1) is 4.90 Å². The molecular formula is C39H46Cl3N5O9S. The number of sulfonamides is 1. The van der Waals surface area contributed by atoms with E-state index in [2.05, 4.69) is 10.6 Å². The fraction of sp³-hybridized carbons (Fsp3) is 0.436. The second-order valence-corrected chi connectivity index (χ2v) is 17.1. The number of carbonyl (C=O) groups excluding carboxylic acids is 6. The van der Waals surface area contributed by atoms with Gasteiger partial charge in [0.15, 0.2) is 5.76 Å². The van der Waals surface area contributed by atoms with E-state index in [-0.39, 0.29) is 39.5 Å². The van der Waals surface area contributed by atoms with Crippen LogP contribution >= 0.6 is 34.8 Å². The SMILES string of the molecule is CCC(N)CC(=O)N(C(=O)C(=O)NS(=O)(=O)c1cc(Cl)cc(Cl)c1)C(=O)[C@H](CC1CCCCC1)NC(=O)[C@@H](NC(=O)c1ccc(-c2ccc(Cl)cc2)o1)[C@@H](C)CC. The Hall–Kier alpha value is -4.28. The van der Waals surface area contributed by atoms with Crippen LogP contribution in [0.4, 0.5) is 0 Å². The van der Waals surface area contributed by atoms with Crippen LogP contribution in [-0.2, 0) is 34.0 Å². The number of furan rings is 1. The van der Waals surface area contributed by atoms with Gasteiger partial charge in [-0.3, -0.25) is 28.8 Å². The van der Waals surface area contributed by atoms with E-state index in [1.165, 1.54) is 12.1 Å². The maximum absolute atomic E-state index is 14.5. The van der Waals surface area contributed by atoms with Crippen molar-refractivity contribution in [3.8, 4) is 11.3 Å². The van der Waals surface area contributed by atoms with Gasteiger partial charge in [0.2, 0.25) is 11.8 Å². The first-order chi connectivity index (χ1) is 26.9. The Labute approximate surface area is 346 Å². The highest BCUT2D eigenvalue weighted by Gasteiger charge is 2.41. The van der Waals surface area contributed by atoms with Crippen molar-refractivity contribution in [1.82, 2.24) is 20.3 Å². The van der Waals surface area contributed by atoms with Gasteiger partial charge in [-0.2, -0.15) is 0 Å². The monoisotopic (exact) mass is 865 g/mol. The number of benzene rings is 2. The Kier molecular flexibility index (Phi) is 16.3. The third kappa shape index (κ3) is 12.4. The molecule has 0 radical (unpaired) electrons. The molecule has 1 heterocycles. The number of amides is 6. The maximum Gasteiger partial charge on any atom is 0.326 e. The lowest BCUT2D eigenvalue weighted by Crippen LogP contribution is -2.60. The van der Waals surface area contributed by atoms with Crippen molar-refractivity contribution in [2.75, 3.05) is 0 Å². The molecule has 4 rings (SSSR count). The lowest BCUT2D eigenvalue weighted by Gasteiger charge is -2.31. The van der Waals surface area contributed by atoms with Gasteiger partial charge in [0.1, 0.15) is 17.8 Å². The van der Waals surface area contributed by atoms with E-state index >= 15 is 0 Å². The largest absolute Gasteiger partial charge is 0.451 e. The van der Waals surface area contributed by atoms with Gasteiger partial charge in [-0.1, -0.05) is 94.1 Å². The first kappa shape index (κ1) is 45.4. The zero-order valence-corrected chi connectivity index (χ0v) is 34.8. The normalized spacial score (nSPS) is 15.4. The molecule has 4 atom stereocenters. The maximum atomic E-state index is 14.5. The summed E-state index contributed by atoms with van der Waals surface area (Å²) in [4.78, 5) is 82.3. The molecule has 1 saturated carbocycles. The molecule has 3 aromatic rings. The Bertz CT molecular complexity index is 2050. The topological polar surface area (TPSA) is 215 Å². The third-order valence-corrected chi connectivity index (χ3v) is 11.8. The second-order valence-electron chi connectivity index (χ2n) is 14.1. The summed E-state index contributed by atoms with van der Waals surface area (Å²) in [6.45, 7) is 5.18. The Balaban J connectivity index is 1.64. The Morgan fingerprint density at radius 3 is 2.09 bits per heavy atom. The van der Waals surface area contributed by atoms with Gasteiger partial charge in [-0.25, -0.2) is 18.0 Å². The van der Waals surface area contributed by atoms with E-state index in [0.717, 1.165) is 31.4 Å².